The van der Waals surface area contributed by atoms with Gasteiger partial charge in [0.2, 0.25) is 5.91 Å². The van der Waals surface area contributed by atoms with E-state index in [1.54, 1.807) is 13.8 Å². The van der Waals surface area contributed by atoms with Gasteiger partial charge in [-0.15, -0.1) is 0 Å². The minimum absolute atomic E-state index is 0.0698. The van der Waals surface area contributed by atoms with Crippen molar-refractivity contribution in [3.8, 4) is 0 Å². The quantitative estimate of drug-likeness (QED) is 0.719. The molecule has 0 bridgehead atoms. The molecular weight excluding hydrogens is 222 g/mol. The van der Waals surface area contributed by atoms with Gasteiger partial charge in [0, 0.05) is 6.54 Å². The largest absolute Gasteiger partial charge is 0.389 e. The minimum Gasteiger partial charge on any atom is -0.389 e. The number of aliphatic hydroxyl groups is 1. The Balaban J connectivity index is 3.72. The van der Waals surface area contributed by atoms with Crippen molar-refractivity contribution in [1.82, 2.24) is 5.32 Å². The number of amides is 1. The topological polar surface area (TPSA) is 49.3 Å². The third kappa shape index (κ3) is 5.55. The van der Waals surface area contributed by atoms with Crippen LogP contribution in [-0.4, -0.2) is 28.0 Å². The molecule has 0 spiro atoms. The lowest BCUT2D eigenvalue weighted by atomic mass is 10.1. The van der Waals surface area contributed by atoms with Gasteiger partial charge in [0.1, 0.15) is 0 Å². The molecule has 0 aromatic rings. The molecule has 0 aliphatic rings. The van der Waals surface area contributed by atoms with Crippen LogP contribution in [0.4, 0.5) is 0 Å². The first-order valence-electron chi connectivity index (χ1n) is 4.01. The van der Waals surface area contributed by atoms with Gasteiger partial charge >= 0.3 is 0 Å². The molecule has 1 amide bonds. The molecule has 0 aromatic carbocycles. The van der Waals surface area contributed by atoms with Gasteiger partial charge in [0.15, 0.2) is 0 Å². The Labute approximate surface area is 81.7 Å². The molecule has 1 unspecified atom stereocenters. The van der Waals surface area contributed by atoms with Crippen molar-refractivity contribution < 1.29 is 9.90 Å². The summed E-state index contributed by atoms with van der Waals surface area (Å²) in [6, 6.07) is 0. The molecule has 2 N–H and O–H groups in total. The van der Waals surface area contributed by atoms with Crippen molar-refractivity contribution in [2.45, 2.75) is 37.6 Å². The van der Waals surface area contributed by atoms with E-state index in [0.29, 0.717) is 0 Å². The van der Waals surface area contributed by atoms with E-state index in [4.69, 9.17) is 0 Å². The molecule has 1 atom stereocenters. The van der Waals surface area contributed by atoms with Gasteiger partial charge in [0.05, 0.1) is 10.4 Å². The first-order valence-corrected chi connectivity index (χ1v) is 4.92. The van der Waals surface area contributed by atoms with Crippen LogP contribution in [-0.2, 0) is 4.79 Å². The average Bonchev–Trinajstić information content (AvgIpc) is 1.97. The second-order valence-corrected chi connectivity index (χ2v) is 4.51. The van der Waals surface area contributed by atoms with Gasteiger partial charge in [-0.3, -0.25) is 4.79 Å². The molecule has 0 rings (SSSR count). The van der Waals surface area contributed by atoms with E-state index in [1.165, 1.54) is 0 Å². The average molecular weight is 238 g/mol. The van der Waals surface area contributed by atoms with Crippen LogP contribution in [0.3, 0.4) is 0 Å². The number of nitrogens with one attached hydrogen (secondary N) is 1. The summed E-state index contributed by atoms with van der Waals surface area (Å²) in [4.78, 5) is 11.0. The smallest absolute Gasteiger partial charge is 0.233 e. The lowest BCUT2D eigenvalue weighted by Crippen LogP contribution is -2.41. The van der Waals surface area contributed by atoms with Crippen LogP contribution < -0.4 is 5.32 Å². The van der Waals surface area contributed by atoms with Crippen molar-refractivity contribution in [3.05, 3.63) is 0 Å². The van der Waals surface area contributed by atoms with Gasteiger partial charge in [-0.1, -0.05) is 22.9 Å². The van der Waals surface area contributed by atoms with Crippen LogP contribution in [0.1, 0.15) is 27.2 Å². The van der Waals surface area contributed by atoms with Crippen LogP contribution >= 0.6 is 15.9 Å². The fraction of sp³-hybridized carbons (Fsp3) is 0.875. The van der Waals surface area contributed by atoms with Gasteiger partial charge in [-0.05, 0) is 20.3 Å². The number of carbonyl (C=O) groups excluding carboxylic acids is 1. The van der Waals surface area contributed by atoms with E-state index in [1.807, 2.05) is 6.92 Å². The van der Waals surface area contributed by atoms with Gasteiger partial charge in [-0.2, -0.15) is 0 Å². The Morgan fingerprint density at radius 3 is 2.50 bits per heavy atom. The lowest BCUT2D eigenvalue weighted by Gasteiger charge is -2.18. The molecular formula is C8H16BrNO2. The van der Waals surface area contributed by atoms with E-state index in [-0.39, 0.29) is 17.3 Å². The standard InChI is InChI=1S/C8H16BrNO2/c1-4-6(9)7(11)10-5-8(2,3)12/h6,12H,4-5H2,1-3H3,(H,10,11). The van der Waals surface area contributed by atoms with Crippen molar-refractivity contribution in [3.63, 3.8) is 0 Å². The second-order valence-electron chi connectivity index (χ2n) is 3.41. The maximum atomic E-state index is 11.2. The zero-order valence-electron chi connectivity index (χ0n) is 7.72. The molecule has 0 fully saturated rings. The highest BCUT2D eigenvalue weighted by Crippen LogP contribution is 2.04. The van der Waals surface area contributed by atoms with Gasteiger partial charge < -0.3 is 10.4 Å². The molecule has 0 heterocycles. The summed E-state index contributed by atoms with van der Waals surface area (Å²) in [7, 11) is 0. The maximum absolute atomic E-state index is 11.2. The zero-order valence-corrected chi connectivity index (χ0v) is 9.31. The number of carbonyl (C=O) groups is 1. The molecule has 0 aliphatic heterocycles. The molecule has 0 saturated heterocycles. The maximum Gasteiger partial charge on any atom is 0.233 e. The van der Waals surface area contributed by atoms with Gasteiger partial charge in [0.25, 0.3) is 0 Å². The fourth-order valence-electron chi connectivity index (χ4n) is 0.600. The predicted molar refractivity (Wildman–Crippen MR) is 52.3 cm³/mol. The van der Waals surface area contributed by atoms with E-state index >= 15 is 0 Å². The Hall–Kier alpha value is -0.0900. The molecule has 0 saturated carbocycles. The third-order valence-corrected chi connectivity index (χ3v) is 2.40. The second kappa shape index (κ2) is 4.82. The summed E-state index contributed by atoms with van der Waals surface area (Å²) >= 11 is 3.22. The summed E-state index contributed by atoms with van der Waals surface area (Å²) in [6.07, 6.45) is 0.748. The van der Waals surface area contributed by atoms with E-state index < -0.39 is 5.60 Å². The SMILES string of the molecule is CCC(Br)C(=O)NCC(C)(C)O. The van der Waals surface area contributed by atoms with Crippen LogP contribution in [0.15, 0.2) is 0 Å². The van der Waals surface area contributed by atoms with Crippen molar-refractivity contribution in [2.24, 2.45) is 0 Å². The summed E-state index contributed by atoms with van der Waals surface area (Å²) in [6.45, 7) is 5.52. The van der Waals surface area contributed by atoms with Crippen LogP contribution in [0.5, 0.6) is 0 Å². The zero-order chi connectivity index (χ0) is 9.78. The predicted octanol–water partition coefficient (Wildman–Crippen LogP) is 1.05. The Bertz CT molecular complexity index is 154. The summed E-state index contributed by atoms with van der Waals surface area (Å²) < 4.78 is 0. The minimum atomic E-state index is -0.837. The normalized spacial score (nSPS) is 14.1. The highest BCUT2D eigenvalue weighted by atomic mass is 79.9. The van der Waals surface area contributed by atoms with Crippen molar-refractivity contribution in [2.75, 3.05) is 6.54 Å². The summed E-state index contributed by atoms with van der Waals surface area (Å²) in [5.41, 5.74) is -0.837. The highest BCUT2D eigenvalue weighted by Gasteiger charge is 2.17. The molecule has 0 radical (unpaired) electrons. The molecule has 12 heavy (non-hydrogen) atoms. The molecule has 72 valence electrons. The van der Waals surface area contributed by atoms with E-state index in [9.17, 15) is 9.90 Å². The number of hydrogen-bond acceptors (Lipinski definition) is 2. The fourth-order valence-corrected chi connectivity index (χ4v) is 0.761. The van der Waals surface area contributed by atoms with Crippen molar-refractivity contribution in [1.29, 1.82) is 0 Å². The monoisotopic (exact) mass is 237 g/mol. The Morgan fingerprint density at radius 1 is 1.67 bits per heavy atom. The van der Waals surface area contributed by atoms with Crippen molar-refractivity contribution >= 4 is 21.8 Å². The summed E-state index contributed by atoms with van der Waals surface area (Å²) in [5, 5.41) is 11.9. The Kier molecular flexibility index (Phi) is 4.78. The van der Waals surface area contributed by atoms with E-state index in [2.05, 4.69) is 21.2 Å². The van der Waals surface area contributed by atoms with Crippen LogP contribution in [0.2, 0.25) is 0 Å². The number of halogens is 1. The van der Waals surface area contributed by atoms with E-state index in [0.717, 1.165) is 6.42 Å². The highest BCUT2D eigenvalue weighted by molar-refractivity contribution is 9.10. The molecule has 4 heteroatoms. The van der Waals surface area contributed by atoms with Crippen LogP contribution in [0.25, 0.3) is 0 Å². The lowest BCUT2D eigenvalue weighted by molar-refractivity contribution is -0.121. The first kappa shape index (κ1) is 11.9. The number of alkyl halides is 1. The summed E-state index contributed by atoms with van der Waals surface area (Å²) in [5.74, 6) is -0.0698. The third-order valence-electron chi connectivity index (χ3n) is 1.34. The van der Waals surface area contributed by atoms with Crippen LogP contribution in [0, 0.1) is 0 Å². The molecule has 3 nitrogen and oxygen atoms in total. The number of hydrogen-bond donors (Lipinski definition) is 2. The first-order chi connectivity index (χ1) is 5.37. The van der Waals surface area contributed by atoms with Gasteiger partial charge in [-0.25, -0.2) is 0 Å². The number of rotatable bonds is 4. The molecule has 0 aromatic heterocycles. The Morgan fingerprint density at radius 2 is 2.17 bits per heavy atom. The molecule has 0 aliphatic carbocycles.